The predicted molar refractivity (Wildman–Crippen MR) is 162 cm³/mol. The minimum Gasteiger partial charge on any atom is -0.385 e. The number of benzene rings is 4. The Morgan fingerprint density at radius 2 is 1.58 bits per heavy atom. The summed E-state index contributed by atoms with van der Waals surface area (Å²) in [6.45, 7) is 1.07. The summed E-state index contributed by atoms with van der Waals surface area (Å²) in [5.74, 6) is 1.78. The fraction of sp³-hybridized carbons (Fsp3) is 0.147. The number of H-pyrrole nitrogens is 1. The number of anilines is 1. The van der Waals surface area contributed by atoms with Gasteiger partial charge in [-0.25, -0.2) is 4.98 Å². The minimum absolute atomic E-state index is 0.851. The lowest BCUT2D eigenvalue weighted by molar-refractivity contribution is 0.889. The molecule has 0 bridgehead atoms. The van der Waals surface area contributed by atoms with Crippen LogP contribution in [0.25, 0.3) is 44.2 Å². The molecule has 2 aromatic heterocycles. The number of nitrogens with zero attached hydrogens (tertiary/aromatic N) is 1. The Morgan fingerprint density at radius 1 is 0.816 bits per heavy atom. The molecule has 186 valence electrons. The van der Waals surface area contributed by atoms with Gasteiger partial charge in [-0.1, -0.05) is 66.7 Å². The van der Waals surface area contributed by atoms with Crippen molar-refractivity contribution in [3.8, 4) is 22.3 Å². The molecule has 4 heteroatoms. The van der Waals surface area contributed by atoms with Gasteiger partial charge >= 0.3 is 0 Å². The van der Waals surface area contributed by atoms with E-state index in [1.54, 1.807) is 0 Å². The van der Waals surface area contributed by atoms with Gasteiger partial charge in [-0.05, 0) is 71.8 Å². The van der Waals surface area contributed by atoms with Gasteiger partial charge in [-0.15, -0.1) is 11.8 Å². The summed E-state index contributed by atoms with van der Waals surface area (Å²) in [7, 11) is 0. The maximum absolute atomic E-state index is 4.92. The van der Waals surface area contributed by atoms with E-state index >= 15 is 0 Å². The minimum atomic E-state index is 0.851. The third-order valence-electron chi connectivity index (χ3n) is 7.38. The van der Waals surface area contributed by atoms with Crippen LogP contribution in [-0.4, -0.2) is 16.5 Å². The number of aromatic nitrogens is 2. The summed E-state index contributed by atoms with van der Waals surface area (Å²) in [6.07, 6.45) is 4.74. The van der Waals surface area contributed by atoms with Gasteiger partial charge in [0.1, 0.15) is 5.65 Å². The molecule has 0 radical (unpaired) electrons. The molecule has 6 aromatic rings. The van der Waals surface area contributed by atoms with Gasteiger partial charge in [0, 0.05) is 56.5 Å². The van der Waals surface area contributed by atoms with Crippen LogP contribution < -0.4 is 5.32 Å². The largest absolute Gasteiger partial charge is 0.385 e. The number of rotatable bonds is 8. The first-order valence-electron chi connectivity index (χ1n) is 13.3. The van der Waals surface area contributed by atoms with Crippen LogP contribution in [0.4, 0.5) is 5.69 Å². The molecule has 0 spiro atoms. The van der Waals surface area contributed by atoms with Gasteiger partial charge in [0.15, 0.2) is 0 Å². The van der Waals surface area contributed by atoms with E-state index < -0.39 is 0 Å². The van der Waals surface area contributed by atoms with E-state index in [1.165, 1.54) is 56.5 Å². The highest BCUT2D eigenvalue weighted by molar-refractivity contribution is 7.98. The Kier molecular flexibility index (Phi) is 6.11. The molecule has 2 N–H and O–H groups in total. The highest BCUT2D eigenvalue weighted by Gasteiger charge is 2.21. The van der Waals surface area contributed by atoms with Crippen LogP contribution in [-0.2, 0) is 5.75 Å². The van der Waals surface area contributed by atoms with Crippen LogP contribution >= 0.6 is 11.8 Å². The van der Waals surface area contributed by atoms with Gasteiger partial charge in [-0.2, -0.15) is 0 Å². The fourth-order valence-corrected chi connectivity index (χ4v) is 6.01. The van der Waals surface area contributed by atoms with E-state index in [4.69, 9.17) is 4.98 Å². The van der Waals surface area contributed by atoms with Crippen molar-refractivity contribution in [2.45, 2.75) is 23.5 Å². The molecule has 0 saturated heterocycles. The van der Waals surface area contributed by atoms with Gasteiger partial charge in [0.25, 0.3) is 0 Å². The molecular formula is C34H29N3S. The molecular weight excluding hydrogens is 482 g/mol. The van der Waals surface area contributed by atoms with Crippen molar-refractivity contribution < 1.29 is 0 Å². The Labute approximate surface area is 227 Å². The summed E-state index contributed by atoms with van der Waals surface area (Å²) in [5.41, 5.74) is 9.31. The van der Waals surface area contributed by atoms with E-state index in [1.807, 2.05) is 18.0 Å². The normalized spacial score (nSPS) is 13.3. The average Bonchev–Trinajstić information content (AvgIpc) is 3.74. The van der Waals surface area contributed by atoms with E-state index in [-0.39, 0.29) is 0 Å². The summed E-state index contributed by atoms with van der Waals surface area (Å²) in [4.78, 5) is 9.79. The molecule has 0 aliphatic heterocycles. The molecule has 1 fully saturated rings. The average molecular weight is 512 g/mol. The van der Waals surface area contributed by atoms with Gasteiger partial charge in [0.05, 0.1) is 0 Å². The highest BCUT2D eigenvalue weighted by atomic mass is 32.2. The Morgan fingerprint density at radius 3 is 2.34 bits per heavy atom. The summed E-state index contributed by atoms with van der Waals surface area (Å²) >= 11 is 1.87. The molecule has 7 rings (SSSR count). The first-order chi connectivity index (χ1) is 18.8. The van der Waals surface area contributed by atoms with Crippen LogP contribution in [0.1, 0.15) is 18.4 Å². The third kappa shape index (κ3) is 4.68. The maximum Gasteiger partial charge on any atom is 0.138 e. The fourth-order valence-electron chi connectivity index (χ4n) is 5.15. The number of fused-ring (bicyclic) bond motifs is 3. The van der Waals surface area contributed by atoms with E-state index in [2.05, 4.69) is 113 Å². The first kappa shape index (κ1) is 23.1. The van der Waals surface area contributed by atoms with Crippen molar-refractivity contribution in [2.75, 3.05) is 11.9 Å². The smallest absolute Gasteiger partial charge is 0.138 e. The van der Waals surface area contributed by atoms with Gasteiger partial charge in [0.2, 0.25) is 0 Å². The zero-order chi connectivity index (χ0) is 25.3. The molecule has 4 aromatic carbocycles. The Hall–Kier alpha value is -4.02. The standard InChI is InChI=1S/C34H29N3S/c1-3-7-26(8-4-1)32-30(25-14-16-27(17-15-25)35-20-23-11-12-23)21-36-34-33(32)29-19-24(13-18-31(29)37-34)22-38-28-9-5-2-6-10-28/h1-10,13-19,21,23,35H,11-12,20,22H2,(H,36,37). The Bertz CT molecular complexity index is 1700. The van der Waals surface area contributed by atoms with E-state index in [9.17, 15) is 0 Å². The van der Waals surface area contributed by atoms with Gasteiger partial charge in [-0.3, -0.25) is 0 Å². The number of aromatic amines is 1. The molecule has 3 nitrogen and oxygen atoms in total. The van der Waals surface area contributed by atoms with Crippen molar-refractivity contribution >= 4 is 39.4 Å². The number of thioether (sulfide) groups is 1. The van der Waals surface area contributed by atoms with Crippen LogP contribution in [0, 0.1) is 5.92 Å². The van der Waals surface area contributed by atoms with Crippen molar-refractivity contribution in [3.63, 3.8) is 0 Å². The third-order valence-corrected chi connectivity index (χ3v) is 8.47. The number of hydrogen-bond acceptors (Lipinski definition) is 3. The monoisotopic (exact) mass is 511 g/mol. The molecule has 0 amide bonds. The molecule has 1 saturated carbocycles. The van der Waals surface area contributed by atoms with Gasteiger partial charge < -0.3 is 10.3 Å². The van der Waals surface area contributed by atoms with Crippen molar-refractivity contribution in [2.24, 2.45) is 5.92 Å². The Balaban J connectivity index is 1.33. The van der Waals surface area contributed by atoms with E-state index in [0.29, 0.717) is 0 Å². The molecule has 0 atom stereocenters. The lowest BCUT2D eigenvalue weighted by Gasteiger charge is -2.13. The maximum atomic E-state index is 4.92. The number of pyridine rings is 1. The summed E-state index contributed by atoms with van der Waals surface area (Å²) in [5, 5.41) is 6.00. The number of nitrogens with one attached hydrogen (secondary N) is 2. The quantitative estimate of drug-likeness (QED) is 0.200. The SMILES string of the molecule is c1ccc(SCc2ccc3[nH]c4ncc(-c5ccc(NCC6CC6)cc5)c(-c5ccccc5)c4c3c2)cc1. The second-order valence-corrected chi connectivity index (χ2v) is 11.2. The molecule has 1 aliphatic carbocycles. The van der Waals surface area contributed by atoms with Crippen LogP contribution in [0.2, 0.25) is 0 Å². The predicted octanol–water partition coefficient (Wildman–Crippen LogP) is 9.16. The molecule has 1 aliphatic rings. The summed E-state index contributed by atoms with van der Waals surface area (Å²) in [6, 6.07) is 36.9. The zero-order valence-electron chi connectivity index (χ0n) is 21.2. The lowest BCUT2D eigenvalue weighted by Crippen LogP contribution is -2.02. The van der Waals surface area contributed by atoms with Crippen LogP contribution in [0.5, 0.6) is 0 Å². The zero-order valence-corrected chi connectivity index (χ0v) is 22.0. The van der Waals surface area contributed by atoms with Crippen molar-refractivity contribution in [3.05, 3.63) is 115 Å². The number of hydrogen-bond donors (Lipinski definition) is 2. The second-order valence-electron chi connectivity index (χ2n) is 10.1. The molecule has 0 unspecified atom stereocenters. The first-order valence-corrected chi connectivity index (χ1v) is 14.3. The van der Waals surface area contributed by atoms with E-state index in [0.717, 1.165) is 34.9 Å². The lowest BCUT2D eigenvalue weighted by atomic mass is 9.92. The second kappa shape index (κ2) is 10.0. The molecule has 38 heavy (non-hydrogen) atoms. The van der Waals surface area contributed by atoms with Crippen molar-refractivity contribution in [1.29, 1.82) is 0 Å². The van der Waals surface area contributed by atoms with Crippen LogP contribution in [0.3, 0.4) is 0 Å². The summed E-state index contributed by atoms with van der Waals surface area (Å²) < 4.78 is 0. The van der Waals surface area contributed by atoms with Crippen molar-refractivity contribution in [1.82, 2.24) is 9.97 Å². The van der Waals surface area contributed by atoms with Crippen LogP contribution in [0.15, 0.2) is 114 Å². The molecule has 2 heterocycles. The topological polar surface area (TPSA) is 40.7 Å². The highest BCUT2D eigenvalue weighted by Crippen LogP contribution is 2.41.